The Morgan fingerprint density at radius 3 is 1.24 bits per heavy atom. The van der Waals surface area contributed by atoms with Gasteiger partial charge in [-0.05, 0) is 128 Å². The summed E-state index contributed by atoms with van der Waals surface area (Å²) < 4.78 is 4.82. The Bertz CT molecular complexity index is 3280. The van der Waals surface area contributed by atoms with Gasteiger partial charge in [-0.1, -0.05) is 147 Å². The van der Waals surface area contributed by atoms with Gasteiger partial charge in [-0.2, -0.15) is 0 Å². The van der Waals surface area contributed by atoms with E-state index >= 15 is 0 Å². The van der Waals surface area contributed by atoms with E-state index in [2.05, 4.69) is 229 Å². The summed E-state index contributed by atoms with van der Waals surface area (Å²) in [6, 6.07) is 76.3. The van der Waals surface area contributed by atoms with E-state index in [1.165, 1.54) is 99.2 Å². The minimum atomic E-state index is -0.0891. The molecule has 0 unspecified atom stereocenters. The van der Waals surface area contributed by atoms with Gasteiger partial charge in [0.1, 0.15) is 0 Å². The van der Waals surface area contributed by atoms with Crippen LogP contribution < -0.4 is 0 Å². The van der Waals surface area contributed by atoms with Gasteiger partial charge < -0.3 is 9.13 Å². The van der Waals surface area contributed by atoms with Crippen LogP contribution in [0.3, 0.4) is 0 Å². The third-order valence-corrected chi connectivity index (χ3v) is 12.9. The molecule has 1 aliphatic rings. The van der Waals surface area contributed by atoms with Crippen molar-refractivity contribution in [2.24, 2.45) is 0 Å². The lowest BCUT2D eigenvalue weighted by molar-refractivity contribution is 0.660. The molecule has 0 N–H and O–H groups in total. The molecule has 278 valence electrons. The van der Waals surface area contributed by atoms with Gasteiger partial charge in [0.2, 0.25) is 0 Å². The smallest absolute Gasteiger partial charge is 0.0547 e. The summed E-state index contributed by atoms with van der Waals surface area (Å²) in [5.41, 5.74) is 19.7. The molecule has 0 atom stereocenters. The summed E-state index contributed by atoms with van der Waals surface area (Å²) in [6.07, 6.45) is 0. The number of rotatable bonds is 5. The Labute approximate surface area is 343 Å². The molecule has 0 fully saturated rings. The van der Waals surface area contributed by atoms with E-state index in [0.717, 1.165) is 11.4 Å². The van der Waals surface area contributed by atoms with Gasteiger partial charge in [-0.3, -0.25) is 0 Å². The topological polar surface area (TPSA) is 9.86 Å². The maximum Gasteiger partial charge on any atom is 0.0547 e. The second kappa shape index (κ2) is 12.8. The second-order valence-electron chi connectivity index (χ2n) is 16.6. The molecular weight excluding hydrogens is 713 g/mol. The van der Waals surface area contributed by atoms with Crippen molar-refractivity contribution < 1.29 is 0 Å². The van der Waals surface area contributed by atoms with E-state index in [-0.39, 0.29) is 5.41 Å². The highest BCUT2D eigenvalue weighted by Gasteiger charge is 2.35. The molecule has 2 heteroatoms. The fraction of sp³-hybridized carbons (Fsp3) is 0.0526. The molecule has 0 saturated heterocycles. The third kappa shape index (κ3) is 5.13. The molecule has 0 radical (unpaired) electrons. The molecule has 2 nitrogen and oxygen atoms in total. The van der Waals surface area contributed by atoms with Gasteiger partial charge in [-0.25, -0.2) is 0 Å². The summed E-state index contributed by atoms with van der Waals surface area (Å²) in [7, 11) is 0. The molecule has 0 spiro atoms. The van der Waals surface area contributed by atoms with Crippen LogP contribution in [-0.2, 0) is 5.41 Å². The minimum Gasteiger partial charge on any atom is -0.309 e. The SMILES string of the molecule is CC1(C)c2ccccc2-c2ccc(-c3cc(-c4ccc5c6ccccc6n(-c6ccccc6)c5c4)cc(-c4ccc5c6ccccc6n(-c6ccccc6)c5c4)c3)cc21. The highest BCUT2D eigenvalue weighted by molar-refractivity contribution is 6.11. The zero-order valence-electron chi connectivity index (χ0n) is 33.0. The average Bonchev–Trinajstić information content (AvgIpc) is 3.89. The van der Waals surface area contributed by atoms with Gasteiger partial charge >= 0.3 is 0 Å². The Kier molecular flexibility index (Phi) is 7.31. The number of fused-ring (bicyclic) bond motifs is 9. The lowest BCUT2D eigenvalue weighted by Crippen LogP contribution is -2.14. The first-order chi connectivity index (χ1) is 29.0. The summed E-state index contributed by atoms with van der Waals surface area (Å²) in [5, 5.41) is 5.03. The first-order valence-corrected chi connectivity index (χ1v) is 20.6. The predicted molar refractivity (Wildman–Crippen MR) is 249 cm³/mol. The van der Waals surface area contributed by atoms with Crippen molar-refractivity contribution in [3.63, 3.8) is 0 Å². The lowest BCUT2D eigenvalue weighted by Gasteiger charge is -2.22. The lowest BCUT2D eigenvalue weighted by atomic mass is 9.81. The molecule has 0 amide bonds. The third-order valence-electron chi connectivity index (χ3n) is 12.9. The van der Waals surface area contributed by atoms with Crippen molar-refractivity contribution in [3.05, 3.63) is 217 Å². The van der Waals surface area contributed by atoms with Crippen LogP contribution in [0.15, 0.2) is 206 Å². The quantitative estimate of drug-likeness (QED) is 0.166. The predicted octanol–water partition coefficient (Wildman–Crippen LogP) is 15.2. The molecule has 11 aromatic rings. The largest absolute Gasteiger partial charge is 0.309 e. The van der Waals surface area contributed by atoms with Crippen LogP contribution in [0.2, 0.25) is 0 Å². The van der Waals surface area contributed by atoms with E-state index in [1.54, 1.807) is 0 Å². The fourth-order valence-electron chi connectivity index (χ4n) is 10.0. The monoisotopic (exact) mass is 752 g/mol. The van der Waals surface area contributed by atoms with Crippen LogP contribution in [0.1, 0.15) is 25.0 Å². The molecular formula is C57H40N2. The van der Waals surface area contributed by atoms with Gasteiger partial charge in [0.15, 0.2) is 0 Å². The highest BCUT2D eigenvalue weighted by atomic mass is 15.0. The normalized spacial score (nSPS) is 13.1. The van der Waals surface area contributed by atoms with E-state index in [0.29, 0.717) is 0 Å². The van der Waals surface area contributed by atoms with Crippen LogP contribution >= 0.6 is 0 Å². The first kappa shape index (κ1) is 33.7. The zero-order chi connectivity index (χ0) is 39.2. The summed E-state index contributed by atoms with van der Waals surface area (Å²) in [5.74, 6) is 0. The van der Waals surface area contributed by atoms with Gasteiger partial charge in [0.25, 0.3) is 0 Å². The Morgan fingerprint density at radius 1 is 0.288 bits per heavy atom. The van der Waals surface area contributed by atoms with E-state index in [9.17, 15) is 0 Å². The van der Waals surface area contributed by atoms with Gasteiger partial charge in [0.05, 0.1) is 22.1 Å². The van der Waals surface area contributed by atoms with Crippen molar-refractivity contribution in [1.82, 2.24) is 9.13 Å². The van der Waals surface area contributed by atoms with E-state index in [1.807, 2.05) is 0 Å². The Morgan fingerprint density at radius 2 is 0.695 bits per heavy atom. The average molecular weight is 753 g/mol. The number of para-hydroxylation sites is 4. The molecule has 2 heterocycles. The van der Waals surface area contributed by atoms with Crippen molar-refractivity contribution in [2.45, 2.75) is 19.3 Å². The molecule has 0 saturated carbocycles. The van der Waals surface area contributed by atoms with Gasteiger partial charge in [-0.15, -0.1) is 0 Å². The number of aromatic nitrogens is 2. The van der Waals surface area contributed by atoms with Crippen LogP contribution in [-0.4, -0.2) is 9.13 Å². The summed E-state index contributed by atoms with van der Waals surface area (Å²) >= 11 is 0. The number of hydrogen-bond donors (Lipinski definition) is 0. The van der Waals surface area contributed by atoms with Crippen LogP contribution in [0, 0.1) is 0 Å². The van der Waals surface area contributed by atoms with E-state index in [4.69, 9.17) is 0 Å². The van der Waals surface area contributed by atoms with Crippen molar-refractivity contribution >= 4 is 43.6 Å². The number of hydrogen-bond acceptors (Lipinski definition) is 0. The zero-order valence-corrected chi connectivity index (χ0v) is 33.0. The molecule has 0 aliphatic heterocycles. The van der Waals surface area contributed by atoms with Crippen LogP contribution in [0.25, 0.3) is 99.5 Å². The molecule has 2 aromatic heterocycles. The first-order valence-electron chi connectivity index (χ1n) is 20.6. The molecule has 1 aliphatic carbocycles. The van der Waals surface area contributed by atoms with Crippen LogP contribution in [0.4, 0.5) is 0 Å². The fourth-order valence-corrected chi connectivity index (χ4v) is 10.0. The molecule has 9 aromatic carbocycles. The highest BCUT2D eigenvalue weighted by Crippen LogP contribution is 2.50. The Hall–Kier alpha value is -7.42. The summed E-state index contributed by atoms with van der Waals surface area (Å²) in [6.45, 7) is 4.73. The van der Waals surface area contributed by atoms with Gasteiger partial charge in [0, 0.05) is 38.3 Å². The second-order valence-corrected chi connectivity index (χ2v) is 16.6. The molecule has 59 heavy (non-hydrogen) atoms. The maximum absolute atomic E-state index is 2.45. The maximum atomic E-state index is 2.45. The standard InChI is InChI=1S/C57H40N2/c1-57(2)51-22-12-9-19-45(51)46-28-25-37(34-52(46)57)40-31-41(38-26-29-49-47-20-10-13-23-53(47)58(55(49)35-38)43-15-5-3-6-16-43)33-42(32-40)39-27-30-50-48-21-11-14-24-54(48)59(56(50)36-39)44-17-7-4-8-18-44/h3-36H,1-2H3. The van der Waals surface area contributed by atoms with Crippen molar-refractivity contribution in [3.8, 4) is 55.9 Å². The van der Waals surface area contributed by atoms with Crippen molar-refractivity contribution in [2.75, 3.05) is 0 Å². The number of nitrogens with zero attached hydrogens (tertiary/aromatic N) is 2. The van der Waals surface area contributed by atoms with Crippen LogP contribution in [0.5, 0.6) is 0 Å². The minimum absolute atomic E-state index is 0.0891. The van der Waals surface area contributed by atoms with Crippen molar-refractivity contribution in [1.29, 1.82) is 0 Å². The van der Waals surface area contributed by atoms with E-state index < -0.39 is 0 Å². The molecule has 0 bridgehead atoms. The Balaban J connectivity index is 1.10. The number of benzene rings is 9. The summed E-state index contributed by atoms with van der Waals surface area (Å²) in [4.78, 5) is 0. The molecule has 12 rings (SSSR count).